The number of benzene rings is 1. The molecule has 1 heterocycles. The minimum Gasteiger partial charge on any atom is -0.454 e. The number of aliphatic hydroxyl groups is 1. The molecular formula is C12H16BrNO3. The number of ether oxygens (including phenoxy) is 2. The number of aliphatic hydroxyl groups excluding tert-OH is 1. The van der Waals surface area contributed by atoms with Gasteiger partial charge in [-0.15, -0.1) is 0 Å². The highest BCUT2D eigenvalue weighted by molar-refractivity contribution is 9.10. The lowest BCUT2D eigenvalue weighted by molar-refractivity contribution is 0.132. The zero-order chi connectivity index (χ0) is 12.6. The van der Waals surface area contributed by atoms with Crippen molar-refractivity contribution in [3.05, 3.63) is 22.2 Å². The van der Waals surface area contributed by atoms with E-state index < -0.39 is 5.41 Å². The van der Waals surface area contributed by atoms with Crippen LogP contribution in [0.1, 0.15) is 25.5 Å². The Morgan fingerprint density at radius 1 is 1.41 bits per heavy atom. The van der Waals surface area contributed by atoms with Crippen LogP contribution in [0.2, 0.25) is 0 Å². The van der Waals surface area contributed by atoms with Crippen molar-refractivity contribution in [3.63, 3.8) is 0 Å². The molecule has 1 atom stereocenters. The third kappa shape index (κ3) is 2.27. The quantitative estimate of drug-likeness (QED) is 0.898. The Balaban J connectivity index is 2.39. The molecule has 17 heavy (non-hydrogen) atoms. The molecule has 5 heteroatoms. The van der Waals surface area contributed by atoms with Gasteiger partial charge in [0, 0.05) is 22.5 Å². The molecular weight excluding hydrogens is 286 g/mol. The Hall–Kier alpha value is -0.780. The van der Waals surface area contributed by atoms with Crippen molar-refractivity contribution in [2.24, 2.45) is 11.1 Å². The average Bonchev–Trinajstić information content (AvgIpc) is 2.73. The molecule has 0 unspecified atom stereocenters. The highest BCUT2D eigenvalue weighted by atomic mass is 79.9. The Bertz CT molecular complexity index is 434. The number of hydrogen-bond acceptors (Lipinski definition) is 4. The second-order valence-corrected chi connectivity index (χ2v) is 5.71. The van der Waals surface area contributed by atoms with E-state index in [1.54, 1.807) is 0 Å². The van der Waals surface area contributed by atoms with E-state index in [0.29, 0.717) is 5.75 Å². The number of rotatable bonds is 3. The molecule has 1 aromatic carbocycles. The van der Waals surface area contributed by atoms with Gasteiger partial charge in [0.15, 0.2) is 11.5 Å². The lowest BCUT2D eigenvalue weighted by Gasteiger charge is -2.30. The van der Waals surface area contributed by atoms with Crippen LogP contribution in [0.3, 0.4) is 0 Å². The van der Waals surface area contributed by atoms with Crippen molar-refractivity contribution >= 4 is 15.9 Å². The van der Waals surface area contributed by atoms with E-state index in [0.717, 1.165) is 15.8 Å². The standard InChI is InChI=1S/C12H16BrNO3/c1-12(2,5-15)11(14)7-3-9-10(4-8(7)13)17-6-16-9/h3-4,11,15H,5-6,14H2,1-2H3/t11-/m1/s1. The maximum absolute atomic E-state index is 9.36. The van der Waals surface area contributed by atoms with Crippen LogP contribution in [0.4, 0.5) is 0 Å². The predicted octanol–water partition coefficient (Wildman–Crippen LogP) is 2.20. The summed E-state index contributed by atoms with van der Waals surface area (Å²) in [5.74, 6) is 1.42. The van der Waals surface area contributed by atoms with Gasteiger partial charge in [-0.2, -0.15) is 0 Å². The summed E-state index contributed by atoms with van der Waals surface area (Å²) in [5.41, 5.74) is 6.71. The van der Waals surface area contributed by atoms with Crippen LogP contribution >= 0.6 is 15.9 Å². The van der Waals surface area contributed by atoms with E-state index >= 15 is 0 Å². The van der Waals surface area contributed by atoms with E-state index in [4.69, 9.17) is 15.2 Å². The van der Waals surface area contributed by atoms with Crippen LogP contribution in [-0.2, 0) is 0 Å². The van der Waals surface area contributed by atoms with E-state index in [1.165, 1.54) is 0 Å². The Morgan fingerprint density at radius 3 is 2.59 bits per heavy atom. The average molecular weight is 302 g/mol. The SMILES string of the molecule is CC(C)(CO)[C@H](N)c1cc2c(cc1Br)OCO2. The normalized spacial score (nSPS) is 16.1. The number of nitrogens with two attached hydrogens (primary N) is 1. The molecule has 2 rings (SSSR count). The highest BCUT2D eigenvalue weighted by Gasteiger charge is 2.30. The van der Waals surface area contributed by atoms with Crippen molar-refractivity contribution < 1.29 is 14.6 Å². The molecule has 0 amide bonds. The summed E-state index contributed by atoms with van der Waals surface area (Å²) in [7, 11) is 0. The molecule has 0 saturated carbocycles. The van der Waals surface area contributed by atoms with Gasteiger partial charge in [-0.1, -0.05) is 29.8 Å². The topological polar surface area (TPSA) is 64.7 Å². The van der Waals surface area contributed by atoms with Gasteiger partial charge in [0.1, 0.15) is 0 Å². The third-order valence-electron chi connectivity index (χ3n) is 3.08. The maximum atomic E-state index is 9.36. The van der Waals surface area contributed by atoms with Crippen molar-refractivity contribution in [3.8, 4) is 11.5 Å². The summed E-state index contributed by atoms with van der Waals surface area (Å²) >= 11 is 3.47. The fraction of sp³-hybridized carbons (Fsp3) is 0.500. The van der Waals surface area contributed by atoms with Gasteiger partial charge >= 0.3 is 0 Å². The summed E-state index contributed by atoms with van der Waals surface area (Å²) in [5, 5.41) is 9.36. The van der Waals surface area contributed by atoms with Crippen molar-refractivity contribution in [2.45, 2.75) is 19.9 Å². The first kappa shape index (κ1) is 12.7. The maximum Gasteiger partial charge on any atom is 0.231 e. The van der Waals surface area contributed by atoms with Gasteiger partial charge in [0.25, 0.3) is 0 Å². The van der Waals surface area contributed by atoms with Crippen molar-refractivity contribution in [1.82, 2.24) is 0 Å². The van der Waals surface area contributed by atoms with Gasteiger partial charge in [-0.3, -0.25) is 0 Å². The summed E-state index contributed by atoms with van der Waals surface area (Å²) in [6.45, 7) is 4.11. The smallest absolute Gasteiger partial charge is 0.231 e. The lowest BCUT2D eigenvalue weighted by atomic mass is 9.82. The largest absolute Gasteiger partial charge is 0.454 e. The van der Waals surface area contributed by atoms with Gasteiger partial charge in [-0.05, 0) is 17.7 Å². The zero-order valence-corrected chi connectivity index (χ0v) is 11.5. The lowest BCUT2D eigenvalue weighted by Crippen LogP contribution is -2.32. The molecule has 0 saturated heterocycles. The fourth-order valence-electron chi connectivity index (χ4n) is 1.69. The van der Waals surface area contributed by atoms with E-state index in [2.05, 4.69) is 15.9 Å². The highest BCUT2D eigenvalue weighted by Crippen LogP contribution is 2.42. The predicted molar refractivity (Wildman–Crippen MR) is 68.1 cm³/mol. The first-order valence-corrected chi connectivity index (χ1v) is 6.20. The van der Waals surface area contributed by atoms with Gasteiger partial charge in [0.2, 0.25) is 6.79 Å². The van der Waals surface area contributed by atoms with Crippen molar-refractivity contribution in [1.29, 1.82) is 0 Å². The Kier molecular flexibility index (Phi) is 3.34. The number of halogens is 1. The Morgan fingerprint density at radius 2 is 2.00 bits per heavy atom. The van der Waals surface area contributed by atoms with Crippen LogP contribution in [0.25, 0.3) is 0 Å². The van der Waals surface area contributed by atoms with E-state index in [1.807, 2.05) is 26.0 Å². The van der Waals surface area contributed by atoms with E-state index in [-0.39, 0.29) is 19.4 Å². The first-order chi connectivity index (χ1) is 7.95. The Labute approximate surface area is 109 Å². The fourth-order valence-corrected chi connectivity index (χ4v) is 2.26. The van der Waals surface area contributed by atoms with Crippen molar-refractivity contribution in [2.75, 3.05) is 13.4 Å². The first-order valence-electron chi connectivity index (χ1n) is 5.41. The molecule has 0 aliphatic carbocycles. The number of fused-ring (bicyclic) bond motifs is 1. The van der Waals surface area contributed by atoms with Crippen LogP contribution in [0.15, 0.2) is 16.6 Å². The molecule has 1 aliphatic heterocycles. The molecule has 0 aromatic heterocycles. The molecule has 0 spiro atoms. The second kappa shape index (κ2) is 4.48. The zero-order valence-electron chi connectivity index (χ0n) is 9.87. The van der Waals surface area contributed by atoms with Gasteiger partial charge < -0.3 is 20.3 Å². The van der Waals surface area contributed by atoms with Crippen LogP contribution < -0.4 is 15.2 Å². The molecule has 1 aromatic rings. The molecule has 0 bridgehead atoms. The van der Waals surface area contributed by atoms with Crippen LogP contribution in [0, 0.1) is 5.41 Å². The molecule has 0 fully saturated rings. The molecule has 4 nitrogen and oxygen atoms in total. The van der Waals surface area contributed by atoms with Crippen LogP contribution in [-0.4, -0.2) is 18.5 Å². The molecule has 94 valence electrons. The third-order valence-corrected chi connectivity index (χ3v) is 3.76. The van der Waals surface area contributed by atoms with Crippen LogP contribution in [0.5, 0.6) is 11.5 Å². The summed E-state index contributed by atoms with van der Waals surface area (Å²) in [6, 6.07) is 3.44. The van der Waals surface area contributed by atoms with Gasteiger partial charge in [-0.25, -0.2) is 0 Å². The molecule has 0 radical (unpaired) electrons. The second-order valence-electron chi connectivity index (χ2n) is 4.85. The van der Waals surface area contributed by atoms with Gasteiger partial charge in [0.05, 0.1) is 0 Å². The molecule has 1 aliphatic rings. The number of hydrogen-bond donors (Lipinski definition) is 2. The summed E-state index contributed by atoms with van der Waals surface area (Å²) < 4.78 is 11.5. The minimum atomic E-state index is -0.393. The van der Waals surface area contributed by atoms with E-state index in [9.17, 15) is 5.11 Å². The summed E-state index contributed by atoms with van der Waals surface area (Å²) in [4.78, 5) is 0. The molecule has 3 N–H and O–H groups in total. The summed E-state index contributed by atoms with van der Waals surface area (Å²) in [6.07, 6.45) is 0. The minimum absolute atomic E-state index is 0.0229. The monoisotopic (exact) mass is 301 g/mol.